The Hall–Kier alpha value is -3.11. The van der Waals surface area contributed by atoms with E-state index in [0.717, 1.165) is 35.2 Å². The summed E-state index contributed by atoms with van der Waals surface area (Å²) >= 11 is 0. The Bertz CT molecular complexity index is 983. The van der Waals surface area contributed by atoms with E-state index < -0.39 is 6.10 Å². The molecule has 0 bridgehead atoms. The molecular formula is C25H26N2O2. The molecule has 0 spiro atoms. The second kappa shape index (κ2) is 8.50. The van der Waals surface area contributed by atoms with Crippen LogP contribution in [0.25, 0.3) is 11.1 Å². The Kier molecular flexibility index (Phi) is 5.63. The van der Waals surface area contributed by atoms with Gasteiger partial charge in [-0.1, -0.05) is 66.7 Å². The number of carbonyl (C=O) groups is 1. The van der Waals surface area contributed by atoms with Crippen LogP contribution in [0.4, 0.5) is 5.69 Å². The van der Waals surface area contributed by atoms with Gasteiger partial charge >= 0.3 is 0 Å². The molecule has 1 aliphatic heterocycles. The number of nitrogens with one attached hydrogen (secondary N) is 1. The fraction of sp³-hybridized carbons (Fsp3) is 0.240. The van der Waals surface area contributed by atoms with Crippen LogP contribution in [0.3, 0.4) is 0 Å². The predicted octanol–water partition coefficient (Wildman–Crippen LogP) is 3.74. The summed E-state index contributed by atoms with van der Waals surface area (Å²) in [4.78, 5) is 14.5. The molecule has 1 aliphatic rings. The lowest BCUT2D eigenvalue weighted by atomic mass is 10.0. The second-order valence-corrected chi connectivity index (χ2v) is 7.62. The SMILES string of the molecule is CN1CCc2cc(C(O)CNC(=O)Cc3ccc(-c4ccccc4)cc3)ccc21. The molecule has 0 saturated heterocycles. The molecule has 1 unspecified atom stereocenters. The molecule has 4 nitrogen and oxygen atoms in total. The van der Waals surface area contributed by atoms with Crippen molar-refractivity contribution in [1.29, 1.82) is 0 Å². The fourth-order valence-electron chi connectivity index (χ4n) is 3.82. The van der Waals surface area contributed by atoms with E-state index in [1.807, 2.05) is 48.5 Å². The predicted molar refractivity (Wildman–Crippen MR) is 117 cm³/mol. The van der Waals surface area contributed by atoms with Gasteiger partial charge in [-0.25, -0.2) is 0 Å². The van der Waals surface area contributed by atoms with Crippen molar-refractivity contribution in [3.63, 3.8) is 0 Å². The second-order valence-electron chi connectivity index (χ2n) is 7.62. The number of aliphatic hydroxyl groups excluding tert-OH is 1. The molecule has 0 aliphatic carbocycles. The maximum absolute atomic E-state index is 12.3. The van der Waals surface area contributed by atoms with Crippen molar-refractivity contribution in [3.05, 3.63) is 89.5 Å². The third-order valence-corrected chi connectivity index (χ3v) is 5.53. The van der Waals surface area contributed by atoms with Crippen LogP contribution < -0.4 is 10.2 Å². The van der Waals surface area contributed by atoms with Gasteiger partial charge in [0, 0.05) is 25.8 Å². The standard InChI is InChI=1S/C25H26N2O2/c1-27-14-13-21-16-22(11-12-23(21)27)24(28)17-26-25(29)15-18-7-9-20(10-8-18)19-5-3-2-4-6-19/h2-12,16,24,28H,13-15,17H2,1H3,(H,26,29). The zero-order chi connectivity index (χ0) is 20.2. The van der Waals surface area contributed by atoms with Crippen LogP contribution in [0, 0.1) is 0 Å². The van der Waals surface area contributed by atoms with Crippen molar-refractivity contribution in [2.24, 2.45) is 0 Å². The average molecular weight is 386 g/mol. The first kappa shape index (κ1) is 19.2. The van der Waals surface area contributed by atoms with E-state index in [1.54, 1.807) is 0 Å². The number of amides is 1. The summed E-state index contributed by atoms with van der Waals surface area (Å²) in [6.45, 7) is 1.23. The minimum Gasteiger partial charge on any atom is -0.387 e. The number of fused-ring (bicyclic) bond motifs is 1. The fourth-order valence-corrected chi connectivity index (χ4v) is 3.82. The van der Waals surface area contributed by atoms with Gasteiger partial charge in [0.1, 0.15) is 0 Å². The monoisotopic (exact) mass is 386 g/mol. The molecular weight excluding hydrogens is 360 g/mol. The van der Waals surface area contributed by atoms with Crippen LogP contribution in [-0.4, -0.2) is 31.2 Å². The molecule has 1 amide bonds. The van der Waals surface area contributed by atoms with E-state index in [4.69, 9.17) is 0 Å². The quantitative estimate of drug-likeness (QED) is 0.679. The number of hydrogen-bond acceptors (Lipinski definition) is 3. The molecule has 148 valence electrons. The van der Waals surface area contributed by atoms with E-state index in [2.05, 4.69) is 41.5 Å². The molecule has 2 N–H and O–H groups in total. The summed E-state index contributed by atoms with van der Waals surface area (Å²) in [5.74, 6) is -0.0857. The van der Waals surface area contributed by atoms with Gasteiger partial charge < -0.3 is 15.3 Å². The van der Waals surface area contributed by atoms with Crippen molar-refractivity contribution in [2.75, 3.05) is 25.0 Å². The van der Waals surface area contributed by atoms with Gasteiger partial charge in [0.2, 0.25) is 5.91 Å². The minimum atomic E-state index is -0.699. The van der Waals surface area contributed by atoms with Gasteiger partial charge in [0.25, 0.3) is 0 Å². The number of hydrogen-bond donors (Lipinski definition) is 2. The van der Waals surface area contributed by atoms with Crippen LogP contribution in [0.15, 0.2) is 72.8 Å². The number of likely N-dealkylation sites (N-methyl/N-ethyl adjacent to an activating group) is 1. The van der Waals surface area contributed by atoms with E-state index in [9.17, 15) is 9.90 Å². The van der Waals surface area contributed by atoms with Gasteiger partial charge in [0.15, 0.2) is 0 Å². The third kappa shape index (κ3) is 4.49. The van der Waals surface area contributed by atoms with Gasteiger partial charge in [-0.05, 0) is 40.3 Å². The van der Waals surface area contributed by atoms with E-state index >= 15 is 0 Å². The van der Waals surface area contributed by atoms with Crippen LogP contribution in [0.5, 0.6) is 0 Å². The highest BCUT2D eigenvalue weighted by molar-refractivity contribution is 5.79. The Balaban J connectivity index is 1.31. The molecule has 0 radical (unpaired) electrons. The highest BCUT2D eigenvalue weighted by atomic mass is 16.3. The zero-order valence-corrected chi connectivity index (χ0v) is 16.6. The molecule has 0 saturated carbocycles. The Morgan fingerprint density at radius 2 is 1.76 bits per heavy atom. The van der Waals surface area contributed by atoms with Crippen molar-refractivity contribution < 1.29 is 9.90 Å². The van der Waals surface area contributed by atoms with E-state index in [0.29, 0.717) is 6.42 Å². The first-order chi connectivity index (χ1) is 14.1. The molecule has 3 aromatic rings. The summed E-state index contributed by atoms with van der Waals surface area (Å²) in [6.07, 6.45) is 0.602. The van der Waals surface area contributed by atoms with E-state index in [1.165, 1.54) is 11.3 Å². The average Bonchev–Trinajstić information content (AvgIpc) is 3.13. The number of benzene rings is 3. The Labute approximate surface area is 171 Å². The highest BCUT2D eigenvalue weighted by Crippen LogP contribution is 2.29. The molecule has 0 aromatic heterocycles. The molecule has 1 heterocycles. The Morgan fingerprint density at radius 1 is 1.03 bits per heavy atom. The summed E-state index contributed by atoms with van der Waals surface area (Å²) in [5.41, 5.74) is 6.58. The van der Waals surface area contributed by atoms with Gasteiger partial charge in [0.05, 0.1) is 12.5 Å². The lowest BCUT2D eigenvalue weighted by Gasteiger charge is -2.15. The Morgan fingerprint density at radius 3 is 2.52 bits per heavy atom. The number of aliphatic hydroxyl groups is 1. The summed E-state index contributed by atoms with van der Waals surface area (Å²) in [7, 11) is 2.08. The van der Waals surface area contributed by atoms with Crippen molar-refractivity contribution in [1.82, 2.24) is 5.32 Å². The molecule has 29 heavy (non-hydrogen) atoms. The summed E-state index contributed by atoms with van der Waals surface area (Å²) in [6, 6.07) is 24.3. The molecule has 4 rings (SSSR count). The number of anilines is 1. The highest BCUT2D eigenvalue weighted by Gasteiger charge is 2.18. The smallest absolute Gasteiger partial charge is 0.224 e. The van der Waals surface area contributed by atoms with Crippen LogP contribution in [0.1, 0.15) is 22.8 Å². The molecule has 4 heteroatoms. The van der Waals surface area contributed by atoms with Crippen LogP contribution >= 0.6 is 0 Å². The minimum absolute atomic E-state index is 0.0857. The van der Waals surface area contributed by atoms with Crippen molar-refractivity contribution in [2.45, 2.75) is 18.9 Å². The van der Waals surface area contributed by atoms with Crippen molar-refractivity contribution in [3.8, 4) is 11.1 Å². The molecule has 0 fully saturated rings. The van der Waals surface area contributed by atoms with Gasteiger partial charge in [-0.3, -0.25) is 4.79 Å². The van der Waals surface area contributed by atoms with Crippen molar-refractivity contribution >= 4 is 11.6 Å². The first-order valence-corrected chi connectivity index (χ1v) is 10.0. The lowest BCUT2D eigenvalue weighted by molar-refractivity contribution is -0.120. The summed E-state index contributed by atoms with van der Waals surface area (Å²) < 4.78 is 0. The van der Waals surface area contributed by atoms with E-state index in [-0.39, 0.29) is 12.5 Å². The third-order valence-electron chi connectivity index (χ3n) is 5.53. The lowest BCUT2D eigenvalue weighted by Crippen LogP contribution is -2.29. The topological polar surface area (TPSA) is 52.6 Å². The number of rotatable bonds is 6. The van der Waals surface area contributed by atoms with Gasteiger partial charge in [-0.15, -0.1) is 0 Å². The maximum Gasteiger partial charge on any atom is 0.224 e. The largest absolute Gasteiger partial charge is 0.387 e. The first-order valence-electron chi connectivity index (χ1n) is 10.0. The zero-order valence-electron chi connectivity index (χ0n) is 16.6. The van der Waals surface area contributed by atoms with Crippen LogP contribution in [-0.2, 0) is 17.6 Å². The van der Waals surface area contributed by atoms with Gasteiger partial charge in [-0.2, -0.15) is 0 Å². The number of nitrogens with zero attached hydrogens (tertiary/aromatic N) is 1. The number of carbonyl (C=O) groups excluding carboxylic acids is 1. The van der Waals surface area contributed by atoms with Crippen LogP contribution in [0.2, 0.25) is 0 Å². The maximum atomic E-state index is 12.3. The summed E-state index contributed by atoms with van der Waals surface area (Å²) in [5, 5.41) is 13.3. The normalized spacial score (nSPS) is 13.8. The molecule has 3 aromatic carbocycles. The molecule has 1 atom stereocenters.